The van der Waals surface area contributed by atoms with E-state index in [-0.39, 0.29) is 11.9 Å². The summed E-state index contributed by atoms with van der Waals surface area (Å²) in [6.07, 6.45) is 1.95. The number of carbonyl (C=O) groups excluding carboxylic acids is 1. The van der Waals surface area contributed by atoms with Crippen molar-refractivity contribution in [3.63, 3.8) is 0 Å². The molecule has 3 rings (SSSR count). The fraction of sp³-hybridized carbons (Fsp3) is 0.500. The van der Waals surface area contributed by atoms with Crippen LogP contribution in [0.5, 0.6) is 0 Å². The number of hydrogen-bond donors (Lipinski definition) is 1. The van der Waals surface area contributed by atoms with E-state index in [4.69, 9.17) is 4.74 Å². The van der Waals surface area contributed by atoms with Crippen LogP contribution in [0.4, 0.5) is 11.4 Å². The standard InChI is InChI=1S/C14H17BrN2O2/c1-9-14(18)16-12-3-2-10(15)8-13(12)17(9)11-4-6-19-7-5-11/h2-3,8-9,11H,4-7H2,1H3,(H,16,18). The maximum atomic E-state index is 12.1. The van der Waals surface area contributed by atoms with Crippen LogP contribution < -0.4 is 10.2 Å². The maximum absolute atomic E-state index is 12.1. The minimum absolute atomic E-state index is 0.0707. The van der Waals surface area contributed by atoms with E-state index < -0.39 is 0 Å². The Balaban J connectivity index is 2.01. The Morgan fingerprint density at radius 1 is 1.37 bits per heavy atom. The van der Waals surface area contributed by atoms with Crippen molar-refractivity contribution >= 4 is 33.2 Å². The van der Waals surface area contributed by atoms with E-state index in [9.17, 15) is 4.79 Å². The molecule has 1 aromatic carbocycles. The number of anilines is 2. The fourth-order valence-corrected chi connectivity index (χ4v) is 3.22. The molecule has 0 spiro atoms. The summed E-state index contributed by atoms with van der Waals surface area (Å²) >= 11 is 3.51. The summed E-state index contributed by atoms with van der Waals surface area (Å²) in [4.78, 5) is 14.4. The van der Waals surface area contributed by atoms with Crippen molar-refractivity contribution < 1.29 is 9.53 Å². The zero-order chi connectivity index (χ0) is 13.4. The number of amides is 1. The molecule has 4 nitrogen and oxygen atoms in total. The SMILES string of the molecule is CC1C(=O)Nc2ccc(Br)cc2N1C1CCOCC1. The molecule has 0 aliphatic carbocycles. The first-order valence-corrected chi connectivity index (χ1v) is 7.42. The second-order valence-corrected chi connectivity index (χ2v) is 5.99. The van der Waals surface area contributed by atoms with E-state index in [2.05, 4.69) is 32.2 Å². The van der Waals surface area contributed by atoms with Crippen molar-refractivity contribution in [3.8, 4) is 0 Å². The van der Waals surface area contributed by atoms with Gasteiger partial charge in [-0.15, -0.1) is 0 Å². The maximum Gasteiger partial charge on any atom is 0.246 e. The summed E-state index contributed by atoms with van der Waals surface area (Å²) in [7, 11) is 0. The normalized spacial score (nSPS) is 24.0. The van der Waals surface area contributed by atoms with Gasteiger partial charge in [0.1, 0.15) is 6.04 Å². The lowest BCUT2D eigenvalue weighted by molar-refractivity contribution is -0.117. The molecular weight excluding hydrogens is 308 g/mol. The third-order valence-corrected chi connectivity index (χ3v) is 4.37. The topological polar surface area (TPSA) is 41.6 Å². The largest absolute Gasteiger partial charge is 0.381 e. The Kier molecular flexibility index (Phi) is 3.50. The van der Waals surface area contributed by atoms with Crippen molar-refractivity contribution in [1.82, 2.24) is 0 Å². The van der Waals surface area contributed by atoms with Gasteiger partial charge in [0.05, 0.1) is 11.4 Å². The van der Waals surface area contributed by atoms with Gasteiger partial charge in [-0.25, -0.2) is 0 Å². The predicted molar refractivity (Wildman–Crippen MR) is 78.6 cm³/mol. The Bertz CT molecular complexity index is 500. The van der Waals surface area contributed by atoms with Crippen LogP contribution in [0.15, 0.2) is 22.7 Å². The second kappa shape index (κ2) is 5.13. The van der Waals surface area contributed by atoms with E-state index in [1.54, 1.807) is 0 Å². The van der Waals surface area contributed by atoms with Gasteiger partial charge in [0.25, 0.3) is 0 Å². The summed E-state index contributed by atoms with van der Waals surface area (Å²) in [5.74, 6) is 0.0707. The number of carbonyl (C=O) groups is 1. The summed E-state index contributed by atoms with van der Waals surface area (Å²) < 4.78 is 6.46. The van der Waals surface area contributed by atoms with Gasteiger partial charge in [-0.3, -0.25) is 4.79 Å². The van der Waals surface area contributed by atoms with Crippen LogP contribution >= 0.6 is 15.9 Å². The highest BCUT2D eigenvalue weighted by Crippen LogP contribution is 2.37. The number of halogens is 1. The fourth-order valence-electron chi connectivity index (χ4n) is 2.87. The smallest absolute Gasteiger partial charge is 0.246 e. The minimum Gasteiger partial charge on any atom is -0.381 e. The number of ether oxygens (including phenoxy) is 1. The Morgan fingerprint density at radius 2 is 2.11 bits per heavy atom. The average Bonchev–Trinajstić information content (AvgIpc) is 2.42. The highest BCUT2D eigenvalue weighted by Gasteiger charge is 2.34. The summed E-state index contributed by atoms with van der Waals surface area (Å²) in [5, 5.41) is 2.97. The molecule has 0 bridgehead atoms. The molecule has 102 valence electrons. The molecule has 2 heterocycles. The van der Waals surface area contributed by atoms with E-state index >= 15 is 0 Å². The first-order chi connectivity index (χ1) is 9.16. The molecule has 2 aliphatic heterocycles. The van der Waals surface area contributed by atoms with Gasteiger partial charge in [0, 0.05) is 23.7 Å². The van der Waals surface area contributed by atoms with Gasteiger partial charge in [-0.1, -0.05) is 15.9 Å². The van der Waals surface area contributed by atoms with E-state index in [0.717, 1.165) is 41.9 Å². The van der Waals surface area contributed by atoms with Crippen LogP contribution in [0.2, 0.25) is 0 Å². The van der Waals surface area contributed by atoms with Crippen LogP contribution in [-0.4, -0.2) is 31.2 Å². The highest BCUT2D eigenvalue weighted by molar-refractivity contribution is 9.10. The third kappa shape index (κ3) is 2.37. The number of hydrogen-bond acceptors (Lipinski definition) is 3. The molecule has 0 aromatic heterocycles. The lowest BCUT2D eigenvalue weighted by Crippen LogP contribution is -2.52. The van der Waals surface area contributed by atoms with Gasteiger partial charge in [-0.05, 0) is 38.0 Å². The van der Waals surface area contributed by atoms with Crippen LogP contribution in [0.25, 0.3) is 0 Å². The highest BCUT2D eigenvalue weighted by atomic mass is 79.9. The molecule has 1 N–H and O–H groups in total. The van der Waals surface area contributed by atoms with Gasteiger partial charge in [0.2, 0.25) is 5.91 Å². The Labute approximate surface area is 121 Å². The molecule has 1 amide bonds. The Morgan fingerprint density at radius 3 is 2.84 bits per heavy atom. The van der Waals surface area contributed by atoms with Crippen molar-refractivity contribution in [3.05, 3.63) is 22.7 Å². The zero-order valence-corrected chi connectivity index (χ0v) is 12.4. The molecule has 0 radical (unpaired) electrons. The van der Waals surface area contributed by atoms with E-state index in [0.29, 0.717) is 6.04 Å². The van der Waals surface area contributed by atoms with Crippen molar-refractivity contribution in [1.29, 1.82) is 0 Å². The van der Waals surface area contributed by atoms with Crippen LogP contribution in [0.1, 0.15) is 19.8 Å². The number of rotatable bonds is 1. The predicted octanol–water partition coefficient (Wildman–Crippen LogP) is 2.78. The minimum atomic E-state index is -0.134. The third-order valence-electron chi connectivity index (χ3n) is 3.88. The van der Waals surface area contributed by atoms with Gasteiger partial charge >= 0.3 is 0 Å². The molecular formula is C14H17BrN2O2. The molecule has 1 atom stereocenters. The van der Waals surface area contributed by atoms with Gasteiger partial charge < -0.3 is 15.0 Å². The molecule has 1 saturated heterocycles. The van der Waals surface area contributed by atoms with Crippen molar-refractivity contribution in [2.24, 2.45) is 0 Å². The number of nitrogens with one attached hydrogen (secondary N) is 1. The van der Waals surface area contributed by atoms with Crippen LogP contribution in [0, 0.1) is 0 Å². The van der Waals surface area contributed by atoms with Gasteiger partial charge in [-0.2, -0.15) is 0 Å². The summed E-state index contributed by atoms with van der Waals surface area (Å²) in [6, 6.07) is 6.24. The van der Waals surface area contributed by atoms with E-state index in [1.807, 2.05) is 19.1 Å². The number of fused-ring (bicyclic) bond motifs is 1. The zero-order valence-electron chi connectivity index (χ0n) is 10.9. The molecule has 0 saturated carbocycles. The molecule has 1 aromatic rings. The van der Waals surface area contributed by atoms with Gasteiger partial charge in [0.15, 0.2) is 0 Å². The molecule has 1 unspecified atom stereocenters. The first-order valence-electron chi connectivity index (χ1n) is 6.63. The van der Waals surface area contributed by atoms with Crippen molar-refractivity contribution in [2.75, 3.05) is 23.4 Å². The van der Waals surface area contributed by atoms with E-state index in [1.165, 1.54) is 0 Å². The molecule has 2 aliphatic rings. The van der Waals surface area contributed by atoms with Crippen LogP contribution in [-0.2, 0) is 9.53 Å². The Hall–Kier alpha value is -1.07. The van der Waals surface area contributed by atoms with Crippen molar-refractivity contribution in [2.45, 2.75) is 31.8 Å². The lowest BCUT2D eigenvalue weighted by Gasteiger charge is -2.43. The van der Waals surface area contributed by atoms with Crippen LogP contribution in [0.3, 0.4) is 0 Å². The summed E-state index contributed by atoms with van der Waals surface area (Å²) in [5.41, 5.74) is 2.01. The molecule has 19 heavy (non-hydrogen) atoms. The first kappa shape index (κ1) is 12.9. The quantitative estimate of drug-likeness (QED) is 0.863. The molecule has 1 fully saturated rings. The number of nitrogens with zero attached hydrogens (tertiary/aromatic N) is 1. The summed E-state index contributed by atoms with van der Waals surface area (Å²) in [6.45, 7) is 3.52. The second-order valence-electron chi connectivity index (χ2n) is 5.08. The average molecular weight is 325 g/mol. The lowest BCUT2D eigenvalue weighted by atomic mass is 10.0. The monoisotopic (exact) mass is 324 g/mol. The molecule has 5 heteroatoms. The number of benzene rings is 1.